The van der Waals surface area contributed by atoms with Gasteiger partial charge < -0.3 is 5.32 Å². The summed E-state index contributed by atoms with van der Waals surface area (Å²) < 4.78 is 0. The Balaban J connectivity index is 1.81. The molecule has 4 heteroatoms. The first-order chi connectivity index (χ1) is 12.4. The lowest BCUT2D eigenvalue weighted by molar-refractivity contribution is -0.115. The van der Waals surface area contributed by atoms with Gasteiger partial charge in [0.1, 0.15) is 0 Å². The Morgan fingerprint density at radius 1 is 0.962 bits per heavy atom. The van der Waals surface area contributed by atoms with E-state index in [4.69, 9.17) is 4.98 Å². The maximum absolute atomic E-state index is 12.7. The molecule has 3 rings (SSSR count). The van der Waals surface area contributed by atoms with Crippen LogP contribution in [0.2, 0.25) is 0 Å². The summed E-state index contributed by atoms with van der Waals surface area (Å²) in [6, 6.07) is 14.3. The molecule has 0 aliphatic rings. The van der Waals surface area contributed by atoms with Crippen LogP contribution in [0.4, 0.5) is 5.69 Å². The highest BCUT2D eigenvalue weighted by Crippen LogP contribution is 2.29. The molecule has 26 heavy (non-hydrogen) atoms. The number of nitrogens with zero attached hydrogens (tertiary/aromatic N) is 1. The van der Waals surface area contributed by atoms with Crippen LogP contribution in [0, 0.1) is 27.7 Å². The van der Waals surface area contributed by atoms with E-state index in [1.807, 2.05) is 39.0 Å². The summed E-state index contributed by atoms with van der Waals surface area (Å²) in [6.45, 7) is 10.1. The number of benzene rings is 2. The van der Waals surface area contributed by atoms with Crippen molar-refractivity contribution in [2.45, 2.75) is 44.9 Å². The normalized spacial score (nSPS) is 12.2. The van der Waals surface area contributed by atoms with Gasteiger partial charge in [0, 0.05) is 11.1 Å². The minimum absolute atomic E-state index is 0.00302. The molecule has 3 nitrogen and oxygen atoms in total. The Kier molecular flexibility index (Phi) is 5.33. The number of anilines is 1. The Morgan fingerprint density at radius 2 is 1.58 bits per heavy atom. The molecule has 0 unspecified atom stereocenters. The molecule has 1 atom stereocenters. The third-order valence-electron chi connectivity index (χ3n) is 4.62. The summed E-state index contributed by atoms with van der Waals surface area (Å²) in [7, 11) is 0. The van der Waals surface area contributed by atoms with E-state index in [9.17, 15) is 4.79 Å². The molecule has 0 aliphatic carbocycles. The lowest BCUT2D eigenvalue weighted by Gasteiger charge is -2.16. The second-order valence-electron chi connectivity index (χ2n) is 6.76. The van der Waals surface area contributed by atoms with Crippen LogP contribution in [0.1, 0.15) is 29.2 Å². The first-order valence-corrected chi connectivity index (χ1v) is 9.65. The molecule has 0 spiro atoms. The first-order valence-electron chi connectivity index (χ1n) is 8.77. The maximum Gasteiger partial charge on any atom is 0.237 e. The third-order valence-corrected chi connectivity index (χ3v) is 5.64. The fourth-order valence-electron chi connectivity index (χ4n) is 3.06. The van der Waals surface area contributed by atoms with Crippen molar-refractivity contribution >= 4 is 34.3 Å². The van der Waals surface area contributed by atoms with Crippen LogP contribution < -0.4 is 5.32 Å². The van der Waals surface area contributed by atoms with E-state index in [1.54, 1.807) is 0 Å². The largest absolute Gasteiger partial charge is 0.325 e. The molecule has 1 amide bonds. The van der Waals surface area contributed by atoms with Crippen LogP contribution in [-0.2, 0) is 4.79 Å². The summed E-state index contributed by atoms with van der Waals surface area (Å²) in [5.74, 6) is -0.00302. The summed E-state index contributed by atoms with van der Waals surface area (Å²) in [4.78, 5) is 17.5. The standard InChI is InChI=1S/C22H24N2OS/c1-13-8-6-9-14(2)20(13)24-22(25)17(5)26-19-12-16(4)18-11-7-10-15(3)21(18)23-19/h6-12,17H,1-5H3,(H,24,25)/t17-/m1/s1. The van der Waals surface area contributed by atoms with E-state index >= 15 is 0 Å². The number of amides is 1. The van der Waals surface area contributed by atoms with Crippen molar-refractivity contribution in [2.24, 2.45) is 0 Å². The number of aromatic nitrogens is 1. The highest BCUT2D eigenvalue weighted by molar-refractivity contribution is 8.00. The van der Waals surface area contributed by atoms with Crippen LogP contribution in [0.15, 0.2) is 47.5 Å². The van der Waals surface area contributed by atoms with Gasteiger partial charge in [-0.2, -0.15) is 0 Å². The third kappa shape index (κ3) is 3.75. The predicted octanol–water partition coefficient (Wildman–Crippen LogP) is 5.59. The van der Waals surface area contributed by atoms with Gasteiger partial charge in [-0.05, 0) is 62.9 Å². The van der Waals surface area contributed by atoms with Crippen LogP contribution >= 0.6 is 11.8 Å². The van der Waals surface area contributed by atoms with Crippen LogP contribution in [0.5, 0.6) is 0 Å². The second-order valence-corrected chi connectivity index (χ2v) is 8.13. The van der Waals surface area contributed by atoms with Gasteiger partial charge in [-0.25, -0.2) is 4.98 Å². The molecular formula is C22H24N2OS. The fraction of sp³-hybridized carbons (Fsp3) is 0.273. The topological polar surface area (TPSA) is 42.0 Å². The molecule has 0 fully saturated rings. The van der Waals surface area contributed by atoms with E-state index in [2.05, 4.69) is 43.4 Å². The maximum atomic E-state index is 12.7. The SMILES string of the molecule is Cc1cccc(C)c1NC(=O)[C@@H](C)Sc1cc(C)c2cccc(C)c2n1. The van der Waals surface area contributed by atoms with Crippen molar-refractivity contribution < 1.29 is 4.79 Å². The zero-order valence-electron chi connectivity index (χ0n) is 15.9. The van der Waals surface area contributed by atoms with Crippen molar-refractivity contribution in [2.75, 3.05) is 5.32 Å². The number of aryl methyl sites for hydroxylation is 4. The number of para-hydroxylation sites is 2. The van der Waals surface area contributed by atoms with Crippen LogP contribution in [0.25, 0.3) is 10.9 Å². The zero-order valence-corrected chi connectivity index (χ0v) is 16.7. The van der Waals surface area contributed by atoms with Gasteiger partial charge in [0.15, 0.2) is 0 Å². The quantitative estimate of drug-likeness (QED) is 0.614. The summed E-state index contributed by atoms with van der Waals surface area (Å²) in [5.41, 5.74) is 6.40. The molecule has 0 bridgehead atoms. The average molecular weight is 365 g/mol. The Bertz CT molecular complexity index is 961. The lowest BCUT2D eigenvalue weighted by Crippen LogP contribution is -2.23. The van der Waals surface area contributed by atoms with Gasteiger partial charge >= 0.3 is 0 Å². The van der Waals surface area contributed by atoms with E-state index in [1.165, 1.54) is 22.7 Å². The number of rotatable bonds is 4. The summed E-state index contributed by atoms with van der Waals surface area (Å²) in [6.07, 6.45) is 0. The number of carbonyl (C=O) groups is 1. The number of nitrogens with one attached hydrogen (secondary N) is 1. The van der Waals surface area contributed by atoms with Gasteiger partial charge in [0.25, 0.3) is 0 Å². The Morgan fingerprint density at radius 3 is 2.27 bits per heavy atom. The van der Waals surface area contributed by atoms with Gasteiger partial charge in [-0.1, -0.05) is 48.2 Å². The second kappa shape index (κ2) is 7.50. The first kappa shape index (κ1) is 18.5. The highest BCUT2D eigenvalue weighted by atomic mass is 32.2. The minimum Gasteiger partial charge on any atom is -0.325 e. The zero-order chi connectivity index (χ0) is 18.8. The van der Waals surface area contributed by atoms with Crippen molar-refractivity contribution in [3.63, 3.8) is 0 Å². The summed E-state index contributed by atoms with van der Waals surface area (Å²) >= 11 is 1.50. The molecule has 134 valence electrons. The molecule has 0 saturated carbocycles. The Hall–Kier alpha value is -2.33. The molecule has 1 N–H and O–H groups in total. The van der Waals surface area contributed by atoms with Gasteiger partial charge in [-0.3, -0.25) is 4.79 Å². The number of hydrogen-bond acceptors (Lipinski definition) is 3. The smallest absolute Gasteiger partial charge is 0.237 e. The van der Waals surface area contributed by atoms with E-state index in [0.29, 0.717) is 0 Å². The van der Waals surface area contributed by atoms with Crippen molar-refractivity contribution in [1.29, 1.82) is 0 Å². The minimum atomic E-state index is -0.234. The highest BCUT2D eigenvalue weighted by Gasteiger charge is 2.18. The lowest BCUT2D eigenvalue weighted by atomic mass is 10.1. The molecule has 0 radical (unpaired) electrons. The molecule has 2 aromatic carbocycles. The molecule has 0 aliphatic heterocycles. The molecule has 1 heterocycles. The van der Waals surface area contributed by atoms with Crippen molar-refractivity contribution in [1.82, 2.24) is 4.98 Å². The van der Waals surface area contributed by atoms with Crippen LogP contribution in [-0.4, -0.2) is 16.1 Å². The monoisotopic (exact) mass is 364 g/mol. The molecular weight excluding hydrogens is 340 g/mol. The molecule has 3 aromatic rings. The molecule has 0 saturated heterocycles. The predicted molar refractivity (Wildman–Crippen MR) is 111 cm³/mol. The van der Waals surface area contributed by atoms with Crippen LogP contribution in [0.3, 0.4) is 0 Å². The molecule has 1 aromatic heterocycles. The number of thioether (sulfide) groups is 1. The van der Waals surface area contributed by atoms with E-state index in [-0.39, 0.29) is 11.2 Å². The fourth-order valence-corrected chi connectivity index (χ4v) is 3.98. The van der Waals surface area contributed by atoms with Gasteiger partial charge in [0.05, 0.1) is 15.8 Å². The number of carbonyl (C=O) groups excluding carboxylic acids is 1. The van der Waals surface area contributed by atoms with Gasteiger partial charge in [0.2, 0.25) is 5.91 Å². The van der Waals surface area contributed by atoms with Crippen molar-refractivity contribution in [3.05, 3.63) is 64.7 Å². The average Bonchev–Trinajstić information content (AvgIpc) is 2.59. The Labute approximate surface area is 159 Å². The number of hydrogen-bond donors (Lipinski definition) is 1. The number of fused-ring (bicyclic) bond motifs is 1. The van der Waals surface area contributed by atoms with E-state index < -0.39 is 0 Å². The number of pyridine rings is 1. The van der Waals surface area contributed by atoms with E-state index in [0.717, 1.165) is 32.9 Å². The summed E-state index contributed by atoms with van der Waals surface area (Å²) in [5, 5.41) is 4.89. The van der Waals surface area contributed by atoms with Crippen molar-refractivity contribution in [3.8, 4) is 0 Å². The van der Waals surface area contributed by atoms with Gasteiger partial charge in [-0.15, -0.1) is 0 Å².